The van der Waals surface area contributed by atoms with Gasteiger partial charge in [0.2, 0.25) is 5.91 Å². The second-order valence-electron chi connectivity index (χ2n) is 5.69. The topological polar surface area (TPSA) is 64.5 Å². The van der Waals surface area contributed by atoms with Crippen molar-refractivity contribution in [2.75, 3.05) is 32.1 Å². The maximum Gasteiger partial charge on any atom is 0.243 e. The van der Waals surface area contributed by atoms with Crippen molar-refractivity contribution in [1.82, 2.24) is 4.90 Å². The number of likely N-dealkylation sites (N-methyl/N-ethyl adjacent to an activating group) is 1. The Hall–Kier alpha value is -2.08. The van der Waals surface area contributed by atoms with Crippen molar-refractivity contribution in [3.63, 3.8) is 0 Å². The third-order valence-electron chi connectivity index (χ3n) is 3.56. The van der Waals surface area contributed by atoms with Gasteiger partial charge in [0.05, 0.1) is 0 Å². The fraction of sp³-hybridized carbons (Fsp3) is 0.471. The number of benzene rings is 1. The second kappa shape index (κ2) is 8.53. The first-order chi connectivity index (χ1) is 10.8. The summed E-state index contributed by atoms with van der Waals surface area (Å²) in [4.78, 5) is 28.1. The fourth-order valence-corrected chi connectivity index (χ4v) is 2.22. The van der Waals surface area contributed by atoms with Crippen LogP contribution in [0, 0.1) is 17.1 Å². The molecule has 0 fully saturated rings. The van der Waals surface area contributed by atoms with Gasteiger partial charge in [-0.2, -0.15) is 0 Å². The maximum absolute atomic E-state index is 13.1. The number of rotatable bonds is 8. The molecule has 126 valence electrons. The van der Waals surface area contributed by atoms with Crippen LogP contribution in [0.15, 0.2) is 24.3 Å². The van der Waals surface area contributed by atoms with Gasteiger partial charge in [-0.3, -0.25) is 9.59 Å². The molecule has 1 rings (SSSR count). The van der Waals surface area contributed by atoms with E-state index in [1.54, 1.807) is 6.92 Å². The van der Waals surface area contributed by atoms with Gasteiger partial charge in [-0.15, -0.1) is 0 Å². The number of ketones is 1. The normalized spacial score (nSPS) is 12.1. The van der Waals surface area contributed by atoms with Crippen molar-refractivity contribution in [3.05, 3.63) is 30.1 Å². The first-order valence-electron chi connectivity index (χ1n) is 7.57. The number of carbonyl (C=O) groups excluding carboxylic acids is 2. The monoisotopic (exact) mass is 321 g/mol. The van der Waals surface area contributed by atoms with E-state index >= 15 is 0 Å². The lowest BCUT2D eigenvalue weighted by Gasteiger charge is -2.28. The molecule has 0 radical (unpaired) electrons. The zero-order valence-corrected chi connectivity index (χ0v) is 14.1. The lowest BCUT2D eigenvalue weighted by atomic mass is 9.95. The Balaban J connectivity index is 3.15. The van der Waals surface area contributed by atoms with E-state index in [0.717, 1.165) is 0 Å². The molecule has 0 aromatic heterocycles. The molecule has 0 saturated carbocycles. The van der Waals surface area contributed by atoms with Crippen LogP contribution in [-0.4, -0.2) is 49.5 Å². The molecule has 1 N–H and O–H groups in total. The molecule has 0 aliphatic rings. The van der Waals surface area contributed by atoms with Crippen LogP contribution < -0.4 is 4.90 Å². The number of hydrogen-bond acceptors (Lipinski definition) is 4. The van der Waals surface area contributed by atoms with Crippen LogP contribution in [0.25, 0.3) is 0 Å². The van der Waals surface area contributed by atoms with E-state index < -0.39 is 17.6 Å². The molecule has 0 bridgehead atoms. The SMILES string of the molecule is CCC(=N)C(C(C)=O)C(=O)N(CCN(C)C)c1ccc(F)cc1. The molecular formula is C17H24FN3O2. The zero-order chi connectivity index (χ0) is 17.6. The van der Waals surface area contributed by atoms with E-state index in [1.165, 1.54) is 36.1 Å². The van der Waals surface area contributed by atoms with Crippen LogP contribution >= 0.6 is 0 Å². The van der Waals surface area contributed by atoms with Crippen LogP contribution in [0.1, 0.15) is 20.3 Å². The highest BCUT2D eigenvalue weighted by molar-refractivity contribution is 6.22. The van der Waals surface area contributed by atoms with Crippen molar-refractivity contribution in [3.8, 4) is 0 Å². The summed E-state index contributed by atoms with van der Waals surface area (Å²) in [6, 6.07) is 5.57. The standard InChI is InChI=1S/C17H24FN3O2/c1-5-15(19)16(12(2)22)17(23)21(11-10-20(3)4)14-8-6-13(18)7-9-14/h6-9,16,19H,5,10-11H2,1-4H3. The minimum absolute atomic E-state index is 0.0967. The molecular weight excluding hydrogens is 297 g/mol. The van der Waals surface area contributed by atoms with Gasteiger partial charge in [-0.1, -0.05) is 6.92 Å². The smallest absolute Gasteiger partial charge is 0.243 e. The quantitative estimate of drug-likeness (QED) is 0.590. The van der Waals surface area contributed by atoms with Crippen molar-refractivity contribution in [2.24, 2.45) is 5.92 Å². The number of Topliss-reactive ketones (excluding diaryl/α,β-unsaturated/α-hetero) is 1. The van der Waals surface area contributed by atoms with E-state index in [2.05, 4.69) is 0 Å². The lowest BCUT2D eigenvalue weighted by Crippen LogP contribution is -2.45. The predicted octanol–water partition coefficient (Wildman–Crippen LogP) is 2.36. The molecule has 5 nitrogen and oxygen atoms in total. The summed E-state index contributed by atoms with van der Waals surface area (Å²) in [5, 5.41) is 7.92. The Morgan fingerprint density at radius 3 is 2.17 bits per heavy atom. The molecule has 23 heavy (non-hydrogen) atoms. The Morgan fingerprint density at radius 2 is 1.74 bits per heavy atom. The molecule has 1 aromatic carbocycles. The minimum Gasteiger partial charge on any atom is -0.310 e. The van der Waals surface area contributed by atoms with E-state index in [1.807, 2.05) is 19.0 Å². The molecule has 0 heterocycles. The van der Waals surface area contributed by atoms with Gasteiger partial charge in [0, 0.05) is 24.5 Å². The Bertz CT molecular complexity index is 570. The summed E-state index contributed by atoms with van der Waals surface area (Å²) in [7, 11) is 3.76. The maximum atomic E-state index is 13.1. The van der Waals surface area contributed by atoms with Crippen molar-refractivity contribution in [2.45, 2.75) is 20.3 Å². The van der Waals surface area contributed by atoms with Crippen LogP contribution in [0.2, 0.25) is 0 Å². The number of nitrogens with zero attached hydrogens (tertiary/aromatic N) is 2. The molecule has 1 amide bonds. The number of halogens is 1. The molecule has 1 aromatic rings. The van der Waals surface area contributed by atoms with Gasteiger partial charge in [0.15, 0.2) is 0 Å². The van der Waals surface area contributed by atoms with Gasteiger partial charge < -0.3 is 15.2 Å². The van der Waals surface area contributed by atoms with Gasteiger partial charge in [0.1, 0.15) is 17.5 Å². The van der Waals surface area contributed by atoms with Crippen molar-refractivity contribution >= 4 is 23.1 Å². The van der Waals surface area contributed by atoms with Gasteiger partial charge >= 0.3 is 0 Å². The lowest BCUT2D eigenvalue weighted by molar-refractivity contribution is -0.128. The highest BCUT2D eigenvalue weighted by atomic mass is 19.1. The predicted molar refractivity (Wildman–Crippen MR) is 89.5 cm³/mol. The highest BCUT2D eigenvalue weighted by Gasteiger charge is 2.31. The van der Waals surface area contributed by atoms with Crippen molar-refractivity contribution < 1.29 is 14.0 Å². The molecule has 6 heteroatoms. The third kappa shape index (κ3) is 5.25. The molecule has 1 atom stereocenters. The van der Waals surface area contributed by atoms with E-state index in [4.69, 9.17) is 5.41 Å². The first kappa shape index (κ1) is 19.0. The third-order valence-corrected chi connectivity index (χ3v) is 3.56. The summed E-state index contributed by atoms with van der Waals surface area (Å²) in [6.07, 6.45) is 0.334. The van der Waals surface area contributed by atoms with Crippen LogP contribution in [0.4, 0.5) is 10.1 Å². The first-order valence-corrected chi connectivity index (χ1v) is 7.57. The summed E-state index contributed by atoms with van der Waals surface area (Å²) in [5.41, 5.74) is 0.618. The van der Waals surface area contributed by atoms with Crippen LogP contribution in [-0.2, 0) is 9.59 Å². The molecule has 1 unspecified atom stereocenters. The van der Waals surface area contributed by atoms with Crippen LogP contribution in [0.5, 0.6) is 0 Å². The molecule has 0 aliphatic heterocycles. The summed E-state index contributed by atoms with van der Waals surface area (Å²) >= 11 is 0. The van der Waals surface area contributed by atoms with Crippen molar-refractivity contribution in [1.29, 1.82) is 5.41 Å². The summed E-state index contributed by atoms with van der Waals surface area (Å²) < 4.78 is 13.1. The molecule has 0 aliphatic carbocycles. The fourth-order valence-electron chi connectivity index (χ4n) is 2.22. The van der Waals surface area contributed by atoms with Gasteiger partial charge in [0.25, 0.3) is 0 Å². The minimum atomic E-state index is -1.08. The van der Waals surface area contributed by atoms with E-state index in [0.29, 0.717) is 25.2 Å². The largest absolute Gasteiger partial charge is 0.310 e. The average Bonchev–Trinajstić information content (AvgIpc) is 2.48. The number of nitrogens with one attached hydrogen (secondary N) is 1. The average molecular weight is 321 g/mol. The number of anilines is 1. The second-order valence-corrected chi connectivity index (χ2v) is 5.69. The number of amides is 1. The molecule has 0 saturated heterocycles. The number of hydrogen-bond donors (Lipinski definition) is 1. The Kier molecular flexibility index (Phi) is 7.03. The summed E-state index contributed by atoms with van der Waals surface area (Å²) in [6.45, 7) is 4.01. The number of carbonyl (C=O) groups is 2. The van der Waals surface area contributed by atoms with Crippen LogP contribution in [0.3, 0.4) is 0 Å². The Morgan fingerprint density at radius 1 is 1.17 bits per heavy atom. The highest BCUT2D eigenvalue weighted by Crippen LogP contribution is 2.19. The van der Waals surface area contributed by atoms with E-state index in [-0.39, 0.29) is 11.5 Å². The summed E-state index contributed by atoms with van der Waals surface area (Å²) in [5.74, 6) is -2.25. The zero-order valence-electron chi connectivity index (χ0n) is 14.1. The van der Waals surface area contributed by atoms with Gasteiger partial charge in [-0.25, -0.2) is 4.39 Å². The van der Waals surface area contributed by atoms with E-state index in [9.17, 15) is 14.0 Å². The van der Waals surface area contributed by atoms with Gasteiger partial charge in [-0.05, 0) is 51.7 Å². The molecule has 0 spiro atoms. The Labute approximate surface area is 136 Å².